The van der Waals surface area contributed by atoms with Gasteiger partial charge in [0, 0.05) is 24.4 Å². The molecule has 7 heteroatoms. The lowest BCUT2D eigenvalue weighted by Crippen LogP contribution is -2.70. The highest BCUT2D eigenvalue weighted by Gasteiger charge is 2.62. The summed E-state index contributed by atoms with van der Waals surface area (Å²) in [5, 5.41) is 0. The highest BCUT2D eigenvalue weighted by molar-refractivity contribution is 6.15. The molecule has 0 spiro atoms. The predicted molar refractivity (Wildman–Crippen MR) is 115 cm³/mol. The van der Waals surface area contributed by atoms with Crippen molar-refractivity contribution in [2.24, 2.45) is 0 Å². The van der Waals surface area contributed by atoms with Crippen molar-refractivity contribution in [3.8, 4) is 5.75 Å². The van der Waals surface area contributed by atoms with Crippen LogP contribution in [-0.4, -0.2) is 41.5 Å². The third kappa shape index (κ3) is 3.15. The zero-order valence-corrected chi connectivity index (χ0v) is 18.2. The fraction of sp³-hybridized carbons (Fsp3) is 0.375. The molecule has 0 aliphatic carbocycles. The lowest BCUT2D eigenvalue weighted by molar-refractivity contribution is -0.159. The Labute approximate surface area is 181 Å². The molecule has 1 fully saturated rings. The molecule has 162 valence electrons. The molecule has 0 N–H and O–H groups in total. The van der Waals surface area contributed by atoms with Crippen molar-refractivity contribution in [3.05, 3.63) is 59.2 Å². The summed E-state index contributed by atoms with van der Waals surface area (Å²) >= 11 is 0. The van der Waals surface area contributed by atoms with E-state index in [1.54, 1.807) is 31.4 Å². The molecule has 2 aliphatic rings. The van der Waals surface area contributed by atoms with Crippen LogP contribution in [0.1, 0.15) is 48.2 Å². The molecular formula is C24H26N2O5. The fourth-order valence-electron chi connectivity index (χ4n) is 4.65. The number of aryl methyl sites for hydroxylation is 1. The number of esters is 1. The third-order valence-electron chi connectivity index (χ3n) is 5.94. The van der Waals surface area contributed by atoms with E-state index in [1.165, 1.54) is 9.80 Å². The van der Waals surface area contributed by atoms with E-state index in [9.17, 15) is 14.4 Å². The summed E-state index contributed by atoms with van der Waals surface area (Å²) < 4.78 is 11.1. The molecule has 2 heterocycles. The van der Waals surface area contributed by atoms with E-state index in [0.717, 1.165) is 11.1 Å². The number of hydrogen-bond acceptors (Lipinski definition) is 5. The van der Waals surface area contributed by atoms with Crippen LogP contribution in [0.5, 0.6) is 5.75 Å². The molecule has 1 saturated heterocycles. The first-order chi connectivity index (χ1) is 14.8. The maximum atomic E-state index is 13.6. The first-order valence-corrected chi connectivity index (χ1v) is 10.4. The highest BCUT2D eigenvalue weighted by atomic mass is 16.5. The van der Waals surface area contributed by atoms with Gasteiger partial charge in [-0.3, -0.25) is 14.5 Å². The molecule has 0 unspecified atom stereocenters. The Morgan fingerprint density at radius 2 is 1.90 bits per heavy atom. The number of anilines is 1. The largest absolute Gasteiger partial charge is 0.496 e. The molecule has 4 rings (SSSR count). The van der Waals surface area contributed by atoms with E-state index in [4.69, 9.17) is 9.47 Å². The normalized spacial score (nSPS) is 20.0. The van der Waals surface area contributed by atoms with Gasteiger partial charge in [-0.1, -0.05) is 23.8 Å². The van der Waals surface area contributed by atoms with Crippen molar-refractivity contribution in [2.75, 3.05) is 12.0 Å². The number of hydrogen-bond donors (Lipinski definition) is 0. The molecule has 2 aliphatic heterocycles. The van der Waals surface area contributed by atoms with E-state index >= 15 is 0 Å². The van der Waals surface area contributed by atoms with Crippen molar-refractivity contribution in [2.45, 2.75) is 51.9 Å². The number of methoxy groups -OCH3 is 1. The van der Waals surface area contributed by atoms with Gasteiger partial charge in [0.1, 0.15) is 12.4 Å². The highest BCUT2D eigenvalue weighted by Crippen LogP contribution is 2.46. The third-order valence-corrected chi connectivity index (χ3v) is 5.94. The zero-order chi connectivity index (χ0) is 22.3. The Morgan fingerprint density at radius 3 is 2.61 bits per heavy atom. The van der Waals surface area contributed by atoms with Crippen LogP contribution in [-0.2, 0) is 20.9 Å². The standard InChI is InChI=1S/C24H26N2O5/c1-15(2)25-22(28)18-7-5-6-8-19(18)26-21(27)11-12-24(25,26)23(29)31-14-17-13-16(3)9-10-20(17)30-4/h5-10,13,15H,11-12,14H2,1-4H3/t24-/m1/s1. The van der Waals surface area contributed by atoms with Gasteiger partial charge in [0.2, 0.25) is 11.6 Å². The molecule has 0 saturated carbocycles. The van der Waals surface area contributed by atoms with Gasteiger partial charge in [0.05, 0.1) is 18.4 Å². The molecule has 31 heavy (non-hydrogen) atoms. The van der Waals surface area contributed by atoms with Crippen LogP contribution in [0.4, 0.5) is 5.69 Å². The van der Waals surface area contributed by atoms with Crippen molar-refractivity contribution in [1.29, 1.82) is 0 Å². The number of nitrogens with zero attached hydrogens (tertiary/aromatic N) is 2. The second-order valence-electron chi connectivity index (χ2n) is 8.22. The van der Waals surface area contributed by atoms with E-state index in [2.05, 4.69) is 0 Å². The van der Waals surface area contributed by atoms with Gasteiger partial charge in [-0.25, -0.2) is 4.79 Å². The molecule has 0 bridgehead atoms. The maximum absolute atomic E-state index is 13.6. The second-order valence-corrected chi connectivity index (χ2v) is 8.22. The summed E-state index contributed by atoms with van der Waals surface area (Å²) in [6.07, 6.45) is 0.349. The summed E-state index contributed by atoms with van der Waals surface area (Å²) in [5.41, 5.74) is 1.11. The summed E-state index contributed by atoms with van der Waals surface area (Å²) in [5.74, 6) is -0.475. The van der Waals surface area contributed by atoms with Crippen molar-refractivity contribution in [3.63, 3.8) is 0 Å². The van der Waals surface area contributed by atoms with Crippen LogP contribution in [0.25, 0.3) is 0 Å². The minimum atomic E-state index is -1.49. The minimum Gasteiger partial charge on any atom is -0.496 e. The Bertz CT molecular complexity index is 1060. The molecule has 0 radical (unpaired) electrons. The molecular weight excluding hydrogens is 396 g/mol. The van der Waals surface area contributed by atoms with Crippen molar-refractivity contribution >= 4 is 23.5 Å². The maximum Gasteiger partial charge on any atom is 0.354 e. The Kier molecular flexibility index (Phi) is 5.21. The second kappa shape index (κ2) is 7.72. The molecule has 1 atom stereocenters. The summed E-state index contributed by atoms with van der Waals surface area (Å²) in [7, 11) is 1.56. The zero-order valence-electron chi connectivity index (χ0n) is 18.2. The molecule has 0 aromatic heterocycles. The number of ether oxygens (including phenoxy) is 2. The SMILES string of the molecule is COc1ccc(C)cc1COC(=O)[C@@]12CCC(=O)N1c1ccccc1C(=O)N2C(C)C. The number of fused-ring (bicyclic) bond motifs is 3. The molecule has 2 aromatic carbocycles. The van der Waals surface area contributed by atoms with Gasteiger partial charge < -0.3 is 14.4 Å². The number of carbonyl (C=O) groups excluding carboxylic acids is 3. The Hall–Kier alpha value is -3.35. The van der Waals surface area contributed by atoms with Gasteiger partial charge in [0.15, 0.2) is 0 Å². The van der Waals surface area contributed by atoms with Crippen molar-refractivity contribution in [1.82, 2.24) is 4.90 Å². The average Bonchev–Trinajstić information content (AvgIpc) is 3.10. The molecule has 7 nitrogen and oxygen atoms in total. The quantitative estimate of drug-likeness (QED) is 0.690. The monoisotopic (exact) mass is 422 g/mol. The molecule has 2 amide bonds. The van der Waals surface area contributed by atoms with Gasteiger partial charge >= 0.3 is 5.97 Å². The first-order valence-electron chi connectivity index (χ1n) is 10.4. The number of rotatable bonds is 5. The van der Waals surface area contributed by atoms with E-state index in [0.29, 0.717) is 17.0 Å². The summed E-state index contributed by atoms with van der Waals surface area (Å²) in [6.45, 7) is 5.60. The number of para-hydroxylation sites is 1. The summed E-state index contributed by atoms with van der Waals surface area (Å²) in [4.78, 5) is 42.9. The van der Waals surface area contributed by atoms with Crippen LogP contribution < -0.4 is 9.64 Å². The minimum absolute atomic E-state index is 0.0186. The van der Waals surface area contributed by atoms with Crippen LogP contribution in [0.2, 0.25) is 0 Å². The van der Waals surface area contributed by atoms with Crippen LogP contribution in [0.3, 0.4) is 0 Å². The predicted octanol–water partition coefficient (Wildman–Crippen LogP) is 3.43. The fourth-order valence-corrected chi connectivity index (χ4v) is 4.65. The number of carbonyl (C=O) groups is 3. The van der Waals surface area contributed by atoms with Crippen molar-refractivity contribution < 1.29 is 23.9 Å². The van der Waals surface area contributed by atoms with Crippen LogP contribution >= 0.6 is 0 Å². The van der Waals surface area contributed by atoms with Gasteiger partial charge in [-0.2, -0.15) is 0 Å². The Morgan fingerprint density at radius 1 is 1.16 bits per heavy atom. The lowest BCUT2D eigenvalue weighted by atomic mass is 9.95. The van der Waals surface area contributed by atoms with Gasteiger partial charge in [-0.15, -0.1) is 0 Å². The average molecular weight is 422 g/mol. The van der Waals surface area contributed by atoms with Gasteiger partial charge in [0.25, 0.3) is 5.91 Å². The van der Waals surface area contributed by atoms with E-state index in [-0.39, 0.29) is 37.3 Å². The van der Waals surface area contributed by atoms with Crippen LogP contribution in [0.15, 0.2) is 42.5 Å². The van der Waals surface area contributed by atoms with E-state index in [1.807, 2.05) is 39.0 Å². The number of benzene rings is 2. The smallest absolute Gasteiger partial charge is 0.354 e. The lowest BCUT2D eigenvalue weighted by Gasteiger charge is -2.50. The van der Waals surface area contributed by atoms with Gasteiger partial charge in [-0.05, 0) is 45.0 Å². The first kappa shape index (κ1) is 20.9. The number of amides is 2. The topological polar surface area (TPSA) is 76.1 Å². The Balaban J connectivity index is 1.75. The van der Waals surface area contributed by atoms with Crippen LogP contribution in [0, 0.1) is 6.92 Å². The van der Waals surface area contributed by atoms with E-state index < -0.39 is 11.6 Å². The molecule has 2 aromatic rings. The summed E-state index contributed by atoms with van der Waals surface area (Å²) in [6, 6.07) is 12.2.